The van der Waals surface area contributed by atoms with E-state index in [9.17, 15) is 4.79 Å². The van der Waals surface area contributed by atoms with Crippen molar-refractivity contribution < 1.29 is 4.79 Å². The van der Waals surface area contributed by atoms with Crippen molar-refractivity contribution in [3.05, 3.63) is 47.3 Å². The molecule has 96 valence electrons. The van der Waals surface area contributed by atoms with Gasteiger partial charge in [-0.3, -0.25) is 10.1 Å². The molecule has 0 atom stereocenters. The van der Waals surface area contributed by atoms with Crippen LogP contribution in [0, 0.1) is 18.8 Å². The average Bonchev–Trinajstić information content (AvgIpc) is 2.90. The number of hydrogen-bond donors (Lipinski definition) is 3. The van der Waals surface area contributed by atoms with E-state index in [1.165, 1.54) is 0 Å². The van der Waals surface area contributed by atoms with Gasteiger partial charge in [-0.25, -0.2) is 4.98 Å². The van der Waals surface area contributed by atoms with Crippen molar-refractivity contribution in [2.75, 3.05) is 11.9 Å². The lowest BCUT2D eigenvalue weighted by Gasteiger charge is -2.07. The van der Waals surface area contributed by atoms with E-state index in [0.717, 1.165) is 11.1 Å². The molecule has 0 bridgehead atoms. The third kappa shape index (κ3) is 3.00. The van der Waals surface area contributed by atoms with Gasteiger partial charge in [-0.05, 0) is 24.6 Å². The highest BCUT2D eigenvalue weighted by atomic mass is 16.1. The molecule has 19 heavy (non-hydrogen) atoms. The van der Waals surface area contributed by atoms with Crippen molar-refractivity contribution in [3.63, 3.8) is 0 Å². The zero-order valence-electron chi connectivity index (χ0n) is 10.5. The molecule has 0 spiro atoms. The predicted molar refractivity (Wildman–Crippen MR) is 73.7 cm³/mol. The minimum Gasteiger partial charge on any atom is -0.331 e. The molecule has 1 aromatic heterocycles. The number of hydrogen-bond acceptors (Lipinski definition) is 3. The fourth-order valence-electron chi connectivity index (χ4n) is 1.67. The molecule has 5 nitrogen and oxygen atoms in total. The van der Waals surface area contributed by atoms with Gasteiger partial charge in [0.1, 0.15) is 0 Å². The van der Waals surface area contributed by atoms with Gasteiger partial charge in [0.15, 0.2) is 0 Å². The molecule has 0 aliphatic heterocycles. The van der Waals surface area contributed by atoms with E-state index >= 15 is 0 Å². The van der Waals surface area contributed by atoms with Crippen LogP contribution in [0.3, 0.4) is 0 Å². The maximum Gasteiger partial charge on any atom is 0.258 e. The highest BCUT2D eigenvalue weighted by molar-refractivity contribution is 6.04. The van der Waals surface area contributed by atoms with Gasteiger partial charge in [-0.15, -0.1) is 0 Å². The molecule has 0 radical (unpaired) electrons. The van der Waals surface area contributed by atoms with Gasteiger partial charge in [0, 0.05) is 23.5 Å². The third-order valence-corrected chi connectivity index (χ3v) is 2.63. The first kappa shape index (κ1) is 12.9. The second-order valence-electron chi connectivity index (χ2n) is 3.88. The molecule has 2 rings (SSSR count). The molecule has 1 aromatic carbocycles. The first-order valence-electron chi connectivity index (χ1n) is 5.81. The Morgan fingerprint density at radius 2 is 2.37 bits per heavy atom. The van der Waals surface area contributed by atoms with Crippen molar-refractivity contribution >= 4 is 11.9 Å². The second kappa shape index (κ2) is 5.85. The maximum absolute atomic E-state index is 12.1. The fraction of sp³-hybridized carbons (Fsp3) is 0.143. The van der Waals surface area contributed by atoms with E-state index in [-0.39, 0.29) is 5.91 Å². The molecule has 0 saturated heterocycles. The number of anilines is 1. The summed E-state index contributed by atoms with van der Waals surface area (Å²) in [7, 11) is 0. The predicted octanol–water partition coefficient (Wildman–Crippen LogP) is 1.28. The lowest BCUT2D eigenvalue weighted by molar-refractivity contribution is 0.102. The number of nitrogens with one attached hydrogen (secondary N) is 2. The largest absolute Gasteiger partial charge is 0.331 e. The van der Waals surface area contributed by atoms with Crippen LogP contribution in [-0.2, 0) is 0 Å². The molecule has 1 amide bonds. The number of imidazole rings is 1. The number of aromatic nitrogens is 2. The van der Waals surface area contributed by atoms with Crippen LogP contribution < -0.4 is 11.1 Å². The normalized spacial score (nSPS) is 9.58. The van der Waals surface area contributed by atoms with E-state index in [0.29, 0.717) is 18.1 Å². The van der Waals surface area contributed by atoms with Gasteiger partial charge >= 0.3 is 0 Å². The lowest BCUT2D eigenvalue weighted by Crippen LogP contribution is -2.14. The number of aromatic amines is 1. The molecule has 5 heteroatoms. The smallest absolute Gasteiger partial charge is 0.258 e. The SMILES string of the molecule is Cc1c(C#CCN)cccc1C(=O)Nc1ncc[nH]1. The van der Waals surface area contributed by atoms with Crippen molar-refractivity contribution in [1.29, 1.82) is 0 Å². The third-order valence-electron chi connectivity index (χ3n) is 2.63. The summed E-state index contributed by atoms with van der Waals surface area (Å²) < 4.78 is 0. The van der Waals surface area contributed by atoms with Crippen LogP contribution >= 0.6 is 0 Å². The Bertz CT molecular complexity index is 635. The van der Waals surface area contributed by atoms with E-state index in [1.54, 1.807) is 24.5 Å². The van der Waals surface area contributed by atoms with Crippen molar-refractivity contribution in [2.45, 2.75) is 6.92 Å². The Morgan fingerprint density at radius 1 is 1.53 bits per heavy atom. The molecule has 0 unspecified atom stereocenters. The standard InChI is InChI=1S/C14H14N4O/c1-10-11(5-3-7-15)4-2-6-12(10)13(19)18-14-16-8-9-17-14/h2,4,6,8-9H,7,15H2,1H3,(H2,16,17,18,19). The summed E-state index contributed by atoms with van der Waals surface area (Å²) in [6.07, 6.45) is 3.22. The second-order valence-corrected chi connectivity index (χ2v) is 3.88. The Balaban J connectivity index is 2.27. The van der Waals surface area contributed by atoms with E-state index in [1.807, 2.05) is 13.0 Å². The minimum absolute atomic E-state index is 0.219. The zero-order chi connectivity index (χ0) is 13.7. The molecule has 1 heterocycles. The number of H-pyrrole nitrogens is 1. The monoisotopic (exact) mass is 254 g/mol. The molecular formula is C14H14N4O. The summed E-state index contributed by atoms with van der Waals surface area (Å²) in [5, 5.41) is 2.68. The number of carbonyl (C=O) groups is 1. The zero-order valence-corrected chi connectivity index (χ0v) is 10.5. The highest BCUT2D eigenvalue weighted by Crippen LogP contribution is 2.14. The van der Waals surface area contributed by atoms with Gasteiger partial charge in [-0.2, -0.15) is 0 Å². The number of benzene rings is 1. The quantitative estimate of drug-likeness (QED) is 0.706. The van der Waals surface area contributed by atoms with Crippen molar-refractivity contribution in [3.8, 4) is 11.8 Å². The molecule has 0 aliphatic rings. The van der Waals surface area contributed by atoms with Crippen molar-refractivity contribution in [1.82, 2.24) is 9.97 Å². The molecule has 2 aromatic rings. The van der Waals surface area contributed by atoms with Gasteiger partial charge < -0.3 is 10.7 Å². The molecule has 0 aliphatic carbocycles. The van der Waals surface area contributed by atoms with Crippen LogP contribution in [0.15, 0.2) is 30.6 Å². The molecular weight excluding hydrogens is 240 g/mol. The van der Waals surface area contributed by atoms with Crippen LogP contribution in [0.5, 0.6) is 0 Å². The minimum atomic E-state index is -0.219. The lowest BCUT2D eigenvalue weighted by atomic mass is 10.0. The Morgan fingerprint density at radius 3 is 3.05 bits per heavy atom. The summed E-state index contributed by atoms with van der Waals surface area (Å²) in [4.78, 5) is 18.9. The Kier molecular flexibility index (Phi) is 3.96. The first-order valence-corrected chi connectivity index (χ1v) is 5.81. The number of nitrogens with two attached hydrogens (primary N) is 1. The highest BCUT2D eigenvalue weighted by Gasteiger charge is 2.11. The van der Waals surface area contributed by atoms with Crippen LogP contribution in [0.1, 0.15) is 21.5 Å². The van der Waals surface area contributed by atoms with Crippen LogP contribution in [0.4, 0.5) is 5.95 Å². The van der Waals surface area contributed by atoms with Gasteiger partial charge in [0.05, 0.1) is 6.54 Å². The Hall–Kier alpha value is -2.58. The summed E-state index contributed by atoms with van der Waals surface area (Å²) >= 11 is 0. The summed E-state index contributed by atoms with van der Waals surface area (Å²) in [5.41, 5.74) is 7.55. The van der Waals surface area contributed by atoms with Gasteiger partial charge in [0.25, 0.3) is 5.91 Å². The molecule has 4 N–H and O–H groups in total. The number of nitrogens with zero attached hydrogens (tertiary/aromatic N) is 1. The summed E-state index contributed by atoms with van der Waals surface area (Å²) in [6.45, 7) is 2.15. The van der Waals surface area contributed by atoms with Crippen LogP contribution in [0.25, 0.3) is 0 Å². The number of carbonyl (C=O) groups excluding carboxylic acids is 1. The van der Waals surface area contributed by atoms with Crippen LogP contribution in [-0.4, -0.2) is 22.4 Å². The van der Waals surface area contributed by atoms with Crippen molar-refractivity contribution in [2.24, 2.45) is 5.73 Å². The summed E-state index contributed by atoms with van der Waals surface area (Å²) in [6, 6.07) is 5.41. The van der Waals surface area contributed by atoms with E-state index in [4.69, 9.17) is 5.73 Å². The molecule has 0 saturated carbocycles. The molecule has 0 fully saturated rings. The number of rotatable bonds is 2. The van der Waals surface area contributed by atoms with Crippen LogP contribution in [0.2, 0.25) is 0 Å². The van der Waals surface area contributed by atoms with Gasteiger partial charge in [0.2, 0.25) is 5.95 Å². The van der Waals surface area contributed by atoms with Gasteiger partial charge in [-0.1, -0.05) is 17.9 Å². The fourth-order valence-corrected chi connectivity index (χ4v) is 1.67. The van der Waals surface area contributed by atoms with E-state index in [2.05, 4.69) is 27.1 Å². The summed E-state index contributed by atoms with van der Waals surface area (Å²) in [5.74, 6) is 5.93. The maximum atomic E-state index is 12.1. The first-order chi connectivity index (χ1) is 9.22. The Labute approximate surface area is 111 Å². The average molecular weight is 254 g/mol. The number of amides is 1. The topological polar surface area (TPSA) is 83.8 Å². The van der Waals surface area contributed by atoms with E-state index < -0.39 is 0 Å².